The van der Waals surface area contributed by atoms with Gasteiger partial charge in [-0.15, -0.1) is 11.8 Å². The molecule has 1 heterocycles. The van der Waals surface area contributed by atoms with Crippen LogP contribution in [0.15, 0.2) is 83.8 Å². The number of carbonyl (C=O) groups is 2. The minimum Gasteiger partial charge on any atom is -0.323 e. The molecule has 2 amide bonds. The molecule has 5 heteroatoms. The van der Waals surface area contributed by atoms with Crippen molar-refractivity contribution in [3.8, 4) is 0 Å². The van der Waals surface area contributed by atoms with E-state index in [1.165, 1.54) is 5.56 Å². The van der Waals surface area contributed by atoms with Crippen molar-refractivity contribution in [2.45, 2.75) is 10.6 Å². The van der Waals surface area contributed by atoms with Gasteiger partial charge in [-0.1, -0.05) is 54.6 Å². The number of nitrogens with one attached hydrogen (secondary N) is 1. The highest BCUT2D eigenvalue weighted by atomic mass is 32.2. The fourth-order valence-corrected chi connectivity index (χ4v) is 4.06. The van der Waals surface area contributed by atoms with Gasteiger partial charge in [-0.2, -0.15) is 0 Å². The number of para-hydroxylation sites is 2. The van der Waals surface area contributed by atoms with Gasteiger partial charge in [-0.05, 0) is 29.8 Å². The number of thioether (sulfide) groups is 1. The molecule has 0 saturated carbocycles. The van der Waals surface area contributed by atoms with Gasteiger partial charge in [0.1, 0.15) is 6.54 Å². The molecule has 4 rings (SSSR count). The van der Waals surface area contributed by atoms with E-state index < -0.39 is 0 Å². The third kappa shape index (κ3) is 3.73. The predicted molar refractivity (Wildman–Crippen MR) is 109 cm³/mol. The van der Waals surface area contributed by atoms with Crippen LogP contribution < -0.4 is 10.2 Å². The molecule has 0 bridgehead atoms. The summed E-state index contributed by atoms with van der Waals surface area (Å²) >= 11 is 1.63. The standard InChI is InChI=1S/C22H18N2O2S/c25-21-14-24(19-12-6-5-11-18(19)23-21)22(26)17-10-4-7-13-20(17)27-15-16-8-2-1-3-9-16/h1-13H,14-15H2,(H,23,25). The number of fused-ring (bicyclic) bond motifs is 1. The lowest BCUT2D eigenvalue weighted by molar-refractivity contribution is -0.115. The molecule has 0 fully saturated rings. The molecule has 0 saturated heterocycles. The average molecular weight is 374 g/mol. The summed E-state index contributed by atoms with van der Waals surface area (Å²) in [4.78, 5) is 27.8. The Morgan fingerprint density at radius 3 is 2.48 bits per heavy atom. The van der Waals surface area contributed by atoms with E-state index in [1.807, 2.05) is 66.7 Å². The first-order valence-electron chi connectivity index (χ1n) is 8.69. The highest BCUT2D eigenvalue weighted by Crippen LogP contribution is 2.33. The van der Waals surface area contributed by atoms with E-state index in [0.29, 0.717) is 11.3 Å². The molecule has 0 atom stereocenters. The second-order valence-electron chi connectivity index (χ2n) is 6.23. The SMILES string of the molecule is O=C1CN(C(=O)c2ccccc2SCc2ccccc2)c2ccccc2N1. The zero-order valence-electron chi connectivity index (χ0n) is 14.6. The molecule has 3 aromatic rings. The maximum Gasteiger partial charge on any atom is 0.259 e. The zero-order chi connectivity index (χ0) is 18.6. The number of hydrogen-bond donors (Lipinski definition) is 1. The van der Waals surface area contributed by atoms with Crippen molar-refractivity contribution < 1.29 is 9.59 Å². The van der Waals surface area contributed by atoms with Crippen molar-refractivity contribution in [1.29, 1.82) is 0 Å². The molecule has 1 aliphatic rings. The minimum absolute atomic E-state index is 0.0214. The van der Waals surface area contributed by atoms with Crippen LogP contribution >= 0.6 is 11.8 Å². The van der Waals surface area contributed by atoms with Crippen LogP contribution in [-0.2, 0) is 10.5 Å². The monoisotopic (exact) mass is 374 g/mol. The summed E-state index contributed by atoms with van der Waals surface area (Å²) in [6, 6.07) is 25.1. The van der Waals surface area contributed by atoms with Gasteiger partial charge >= 0.3 is 0 Å². The summed E-state index contributed by atoms with van der Waals surface area (Å²) in [6.45, 7) is 0.0214. The normalized spacial score (nSPS) is 13.0. The Morgan fingerprint density at radius 2 is 1.63 bits per heavy atom. The molecule has 134 valence electrons. The molecule has 0 unspecified atom stereocenters. The Kier molecular flexibility index (Phi) is 4.94. The van der Waals surface area contributed by atoms with Gasteiger partial charge in [0, 0.05) is 10.6 Å². The van der Waals surface area contributed by atoms with E-state index in [2.05, 4.69) is 17.4 Å². The molecule has 1 aliphatic heterocycles. The zero-order valence-corrected chi connectivity index (χ0v) is 15.4. The Bertz CT molecular complexity index is 988. The first-order valence-corrected chi connectivity index (χ1v) is 9.67. The van der Waals surface area contributed by atoms with Crippen LogP contribution in [0, 0.1) is 0 Å². The van der Waals surface area contributed by atoms with Crippen LogP contribution in [0.2, 0.25) is 0 Å². The first-order chi connectivity index (χ1) is 13.2. The first kappa shape index (κ1) is 17.4. The number of benzene rings is 3. The molecule has 0 aliphatic carbocycles. The predicted octanol–water partition coefficient (Wildman–Crippen LogP) is 4.58. The Morgan fingerprint density at radius 1 is 0.926 bits per heavy atom. The second kappa shape index (κ2) is 7.68. The van der Waals surface area contributed by atoms with Gasteiger partial charge in [-0.3, -0.25) is 14.5 Å². The van der Waals surface area contributed by atoms with E-state index >= 15 is 0 Å². The largest absolute Gasteiger partial charge is 0.323 e. The van der Waals surface area contributed by atoms with Crippen molar-refractivity contribution in [1.82, 2.24) is 0 Å². The maximum absolute atomic E-state index is 13.3. The number of amides is 2. The van der Waals surface area contributed by atoms with Gasteiger partial charge in [0.2, 0.25) is 5.91 Å². The van der Waals surface area contributed by atoms with Crippen LogP contribution in [0.25, 0.3) is 0 Å². The summed E-state index contributed by atoms with van der Waals surface area (Å²) in [5, 5.41) is 2.82. The average Bonchev–Trinajstić information content (AvgIpc) is 2.72. The third-order valence-corrected chi connectivity index (χ3v) is 5.52. The molecule has 0 radical (unpaired) electrons. The Balaban J connectivity index is 1.62. The van der Waals surface area contributed by atoms with Crippen LogP contribution in [-0.4, -0.2) is 18.4 Å². The topological polar surface area (TPSA) is 49.4 Å². The number of anilines is 2. The van der Waals surface area contributed by atoms with E-state index in [0.717, 1.165) is 16.3 Å². The molecule has 4 nitrogen and oxygen atoms in total. The Hall–Kier alpha value is -3.05. The Labute approximate surface area is 162 Å². The lowest BCUT2D eigenvalue weighted by atomic mass is 10.1. The summed E-state index contributed by atoms with van der Waals surface area (Å²) in [5.41, 5.74) is 3.21. The number of rotatable bonds is 4. The number of hydrogen-bond acceptors (Lipinski definition) is 3. The van der Waals surface area contributed by atoms with Crippen LogP contribution in [0.1, 0.15) is 15.9 Å². The van der Waals surface area contributed by atoms with Crippen molar-refractivity contribution in [3.05, 3.63) is 90.0 Å². The van der Waals surface area contributed by atoms with Crippen LogP contribution in [0.3, 0.4) is 0 Å². The van der Waals surface area contributed by atoms with Crippen LogP contribution in [0.4, 0.5) is 11.4 Å². The van der Waals surface area contributed by atoms with Crippen molar-refractivity contribution >= 4 is 35.0 Å². The lowest BCUT2D eigenvalue weighted by Gasteiger charge is -2.29. The summed E-state index contributed by atoms with van der Waals surface area (Å²) < 4.78 is 0. The molecular formula is C22H18N2O2S. The second-order valence-corrected chi connectivity index (χ2v) is 7.24. The highest BCUT2D eigenvalue weighted by Gasteiger charge is 2.28. The minimum atomic E-state index is -0.184. The number of nitrogens with zero attached hydrogens (tertiary/aromatic N) is 1. The smallest absolute Gasteiger partial charge is 0.259 e. The molecule has 3 aromatic carbocycles. The molecule has 1 N–H and O–H groups in total. The lowest BCUT2D eigenvalue weighted by Crippen LogP contribution is -2.42. The van der Waals surface area contributed by atoms with Crippen molar-refractivity contribution in [2.75, 3.05) is 16.8 Å². The summed E-state index contributed by atoms with van der Waals surface area (Å²) in [7, 11) is 0. The number of carbonyl (C=O) groups excluding carboxylic acids is 2. The third-order valence-electron chi connectivity index (χ3n) is 4.37. The van der Waals surface area contributed by atoms with Gasteiger partial charge in [0.05, 0.1) is 16.9 Å². The molecular weight excluding hydrogens is 356 g/mol. The van der Waals surface area contributed by atoms with Crippen molar-refractivity contribution in [2.24, 2.45) is 0 Å². The van der Waals surface area contributed by atoms with E-state index in [1.54, 1.807) is 16.7 Å². The van der Waals surface area contributed by atoms with E-state index in [4.69, 9.17) is 0 Å². The molecule has 0 aromatic heterocycles. The van der Waals surface area contributed by atoms with E-state index in [9.17, 15) is 9.59 Å². The maximum atomic E-state index is 13.3. The fourth-order valence-electron chi connectivity index (χ4n) is 3.06. The van der Waals surface area contributed by atoms with Gasteiger partial charge in [0.15, 0.2) is 0 Å². The van der Waals surface area contributed by atoms with Gasteiger partial charge < -0.3 is 5.32 Å². The van der Waals surface area contributed by atoms with Crippen LogP contribution in [0.5, 0.6) is 0 Å². The summed E-state index contributed by atoms with van der Waals surface area (Å²) in [5.74, 6) is 0.437. The van der Waals surface area contributed by atoms with Gasteiger partial charge in [-0.25, -0.2) is 0 Å². The summed E-state index contributed by atoms with van der Waals surface area (Å²) in [6.07, 6.45) is 0. The van der Waals surface area contributed by atoms with E-state index in [-0.39, 0.29) is 18.4 Å². The molecule has 0 spiro atoms. The fraction of sp³-hybridized carbons (Fsp3) is 0.0909. The van der Waals surface area contributed by atoms with Gasteiger partial charge in [0.25, 0.3) is 5.91 Å². The quantitative estimate of drug-likeness (QED) is 0.680. The van der Waals surface area contributed by atoms with Crippen molar-refractivity contribution in [3.63, 3.8) is 0 Å². The highest BCUT2D eigenvalue weighted by molar-refractivity contribution is 7.98. The molecule has 27 heavy (non-hydrogen) atoms.